The number of hydrogen-bond donors (Lipinski definition) is 1. The summed E-state index contributed by atoms with van der Waals surface area (Å²) in [4.78, 5) is 40.6. The Labute approximate surface area is 193 Å². The molecule has 7 nitrogen and oxygen atoms in total. The van der Waals surface area contributed by atoms with Crippen molar-refractivity contribution >= 4 is 17.7 Å². The molecule has 0 aliphatic heterocycles. The molecule has 0 aliphatic rings. The summed E-state index contributed by atoms with van der Waals surface area (Å²) in [5.41, 5.74) is 6.88. The SMILES string of the molecule is CCOC(=O)c1c(C)[nH]c(C(=O)OCC(=O)c2cc(C)n(-c3cc(C)cc(C)c3)c2C)c1C. The zero-order valence-corrected chi connectivity index (χ0v) is 20.2. The minimum absolute atomic E-state index is 0.143. The molecule has 0 fully saturated rings. The van der Waals surface area contributed by atoms with E-state index in [-0.39, 0.29) is 18.1 Å². The van der Waals surface area contributed by atoms with Crippen LogP contribution in [0.1, 0.15) is 71.9 Å². The van der Waals surface area contributed by atoms with Crippen molar-refractivity contribution in [3.8, 4) is 5.69 Å². The van der Waals surface area contributed by atoms with E-state index in [4.69, 9.17) is 9.47 Å². The van der Waals surface area contributed by atoms with Gasteiger partial charge in [-0.05, 0) is 83.4 Å². The van der Waals surface area contributed by atoms with Crippen molar-refractivity contribution in [2.24, 2.45) is 0 Å². The van der Waals surface area contributed by atoms with Gasteiger partial charge in [0.15, 0.2) is 6.61 Å². The molecule has 0 spiro atoms. The second-order valence-corrected chi connectivity index (χ2v) is 8.31. The molecule has 1 N–H and O–H groups in total. The van der Waals surface area contributed by atoms with Gasteiger partial charge in [-0.25, -0.2) is 9.59 Å². The number of esters is 2. The van der Waals surface area contributed by atoms with Gasteiger partial charge < -0.3 is 19.0 Å². The quantitative estimate of drug-likeness (QED) is 0.410. The Morgan fingerprint density at radius 2 is 1.52 bits per heavy atom. The highest BCUT2D eigenvalue weighted by atomic mass is 16.5. The Morgan fingerprint density at radius 1 is 0.879 bits per heavy atom. The fourth-order valence-corrected chi connectivity index (χ4v) is 4.27. The van der Waals surface area contributed by atoms with Crippen molar-refractivity contribution in [1.29, 1.82) is 0 Å². The third kappa shape index (κ3) is 4.77. The lowest BCUT2D eigenvalue weighted by Gasteiger charge is -2.12. The molecule has 0 saturated heterocycles. The van der Waals surface area contributed by atoms with E-state index in [0.29, 0.717) is 22.4 Å². The number of carbonyl (C=O) groups excluding carboxylic acids is 3. The van der Waals surface area contributed by atoms with E-state index in [2.05, 4.69) is 23.2 Å². The molecule has 2 aromatic heterocycles. The molecule has 0 atom stereocenters. The Bertz CT molecular complexity index is 1230. The number of aromatic nitrogens is 2. The lowest BCUT2D eigenvalue weighted by atomic mass is 10.1. The molecule has 2 heterocycles. The molecule has 3 rings (SSSR count). The number of Topliss-reactive ketones (excluding diaryl/α,β-unsaturated/α-hetero) is 1. The van der Waals surface area contributed by atoms with E-state index >= 15 is 0 Å². The van der Waals surface area contributed by atoms with Crippen LogP contribution in [0.4, 0.5) is 0 Å². The molecule has 174 valence electrons. The summed E-state index contributed by atoms with van der Waals surface area (Å²) in [7, 11) is 0. The summed E-state index contributed by atoms with van der Waals surface area (Å²) in [6.45, 7) is 12.8. The molecular weight excluding hydrogens is 420 g/mol. The van der Waals surface area contributed by atoms with Crippen molar-refractivity contribution in [3.63, 3.8) is 0 Å². The molecule has 0 bridgehead atoms. The Balaban J connectivity index is 1.79. The monoisotopic (exact) mass is 450 g/mol. The molecule has 33 heavy (non-hydrogen) atoms. The molecule has 0 amide bonds. The Kier molecular flexibility index (Phi) is 6.91. The number of ketones is 1. The molecular formula is C26H30N2O5. The second kappa shape index (κ2) is 9.48. The van der Waals surface area contributed by atoms with Crippen molar-refractivity contribution in [1.82, 2.24) is 9.55 Å². The smallest absolute Gasteiger partial charge is 0.355 e. The van der Waals surface area contributed by atoms with Gasteiger partial charge in [-0.2, -0.15) is 0 Å². The number of nitrogens with zero attached hydrogens (tertiary/aromatic N) is 1. The predicted octanol–water partition coefficient (Wildman–Crippen LogP) is 4.87. The summed E-state index contributed by atoms with van der Waals surface area (Å²) < 4.78 is 12.4. The fraction of sp³-hybridized carbons (Fsp3) is 0.346. The van der Waals surface area contributed by atoms with Gasteiger partial charge in [0.25, 0.3) is 0 Å². The van der Waals surface area contributed by atoms with Crippen molar-refractivity contribution < 1.29 is 23.9 Å². The molecule has 0 saturated carbocycles. The molecule has 7 heteroatoms. The van der Waals surface area contributed by atoms with Crippen LogP contribution >= 0.6 is 0 Å². The number of hydrogen-bond acceptors (Lipinski definition) is 5. The van der Waals surface area contributed by atoms with Crippen LogP contribution in [-0.2, 0) is 9.47 Å². The third-order valence-corrected chi connectivity index (χ3v) is 5.65. The lowest BCUT2D eigenvalue weighted by molar-refractivity contribution is 0.0468. The number of nitrogens with one attached hydrogen (secondary N) is 1. The number of carbonyl (C=O) groups is 3. The Hall–Kier alpha value is -3.61. The number of ether oxygens (including phenoxy) is 2. The first-order chi connectivity index (χ1) is 15.5. The summed E-state index contributed by atoms with van der Waals surface area (Å²) in [5.74, 6) is -1.49. The maximum atomic E-state index is 12.9. The van der Waals surface area contributed by atoms with Gasteiger partial charge in [-0.3, -0.25) is 4.79 Å². The van der Waals surface area contributed by atoms with Gasteiger partial charge in [-0.15, -0.1) is 0 Å². The number of benzene rings is 1. The maximum absolute atomic E-state index is 12.9. The highest BCUT2D eigenvalue weighted by molar-refractivity contribution is 6.02. The summed E-state index contributed by atoms with van der Waals surface area (Å²) in [6.07, 6.45) is 0. The first kappa shape index (κ1) is 24.0. The van der Waals surface area contributed by atoms with E-state index < -0.39 is 18.5 Å². The van der Waals surface area contributed by atoms with E-state index in [0.717, 1.165) is 28.2 Å². The van der Waals surface area contributed by atoms with Gasteiger partial charge in [0.1, 0.15) is 5.69 Å². The van der Waals surface area contributed by atoms with Crippen LogP contribution in [0.5, 0.6) is 0 Å². The molecule has 3 aromatic rings. The van der Waals surface area contributed by atoms with Gasteiger partial charge >= 0.3 is 11.9 Å². The summed E-state index contributed by atoms with van der Waals surface area (Å²) in [6, 6.07) is 8.05. The second-order valence-electron chi connectivity index (χ2n) is 8.31. The van der Waals surface area contributed by atoms with Crippen molar-refractivity contribution in [3.05, 3.63) is 74.9 Å². The van der Waals surface area contributed by atoms with E-state index in [1.54, 1.807) is 20.8 Å². The minimum atomic E-state index is -0.692. The standard InChI is InChI=1S/C26H30N2O5/c1-8-32-25(30)23-17(5)24(27-18(23)6)26(31)33-13-22(29)21-12-16(4)28(19(21)7)20-10-14(2)9-15(3)11-20/h9-12,27H,8,13H2,1-7H3. The normalized spacial score (nSPS) is 10.9. The summed E-state index contributed by atoms with van der Waals surface area (Å²) in [5, 5.41) is 0. The highest BCUT2D eigenvalue weighted by Crippen LogP contribution is 2.24. The predicted molar refractivity (Wildman–Crippen MR) is 126 cm³/mol. The maximum Gasteiger partial charge on any atom is 0.355 e. The lowest BCUT2D eigenvalue weighted by Crippen LogP contribution is -2.16. The average Bonchev–Trinajstić information content (AvgIpc) is 3.20. The molecule has 1 aromatic carbocycles. The first-order valence-corrected chi connectivity index (χ1v) is 10.9. The van der Waals surface area contributed by atoms with Crippen LogP contribution in [0.2, 0.25) is 0 Å². The van der Waals surface area contributed by atoms with E-state index in [9.17, 15) is 14.4 Å². The third-order valence-electron chi connectivity index (χ3n) is 5.65. The number of rotatable bonds is 7. The van der Waals surface area contributed by atoms with Crippen molar-refractivity contribution in [2.75, 3.05) is 13.2 Å². The van der Waals surface area contributed by atoms with E-state index in [1.165, 1.54) is 0 Å². The number of H-pyrrole nitrogens is 1. The molecule has 0 unspecified atom stereocenters. The van der Waals surface area contributed by atoms with Gasteiger partial charge in [-0.1, -0.05) is 6.07 Å². The average molecular weight is 451 g/mol. The largest absolute Gasteiger partial charge is 0.462 e. The highest BCUT2D eigenvalue weighted by Gasteiger charge is 2.25. The van der Waals surface area contributed by atoms with Crippen LogP contribution in [0.15, 0.2) is 24.3 Å². The van der Waals surface area contributed by atoms with Crippen LogP contribution in [0.3, 0.4) is 0 Å². The molecule has 0 aliphatic carbocycles. The number of aryl methyl sites for hydroxylation is 4. The van der Waals surface area contributed by atoms with Gasteiger partial charge in [0.2, 0.25) is 5.78 Å². The van der Waals surface area contributed by atoms with E-state index in [1.807, 2.05) is 38.3 Å². The van der Waals surface area contributed by atoms with Crippen LogP contribution in [0.25, 0.3) is 5.69 Å². The zero-order chi connectivity index (χ0) is 24.4. The summed E-state index contributed by atoms with van der Waals surface area (Å²) >= 11 is 0. The first-order valence-electron chi connectivity index (χ1n) is 10.9. The zero-order valence-electron chi connectivity index (χ0n) is 20.2. The fourth-order valence-electron chi connectivity index (χ4n) is 4.27. The van der Waals surface area contributed by atoms with Crippen LogP contribution in [-0.4, -0.2) is 40.5 Å². The van der Waals surface area contributed by atoms with Gasteiger partial charge in [0.05, 0.1) is 12.2 Å². The Morgan fingerprint density at radius 3 is 2.12 bits per heavy atom. The number of aromatic amines is 1. The van der Waals surface area contributed by atoms with Crippen molar-refractivity contribution in [2.45, 2.75) is 48.5 Å². The minimum Gasteiger partial charge on any atom is -0.462 e. The van der Waals surface area contributed by atoms with Crippen LogP contribution in [0, 0.1) is 41.5 Å². The van der Waals surface area contributed by atoms with Crippen LogP contribution < -0.4 is 0 Å². The van der Waals surface area contributed by atoms with Gasteiger partial charge in [0, 0.05) is 28.3 Å². The molecule has 0 radical (unpaired) electrons. The topological polar surface area (TPSA) is 90.4 Å².